The predicted octanol–water partition coefficient (Wildman–Crippen LogP) is 1.41. The molecule has 0 aromatic heterocycles. The summed E-state index contributed by atoms with van der Waals surface area (Å²) in [7, 11) is -3.47. The van der Waals surface area contributed by atoms with Crippen molar-refractivity contribution in [3.05, 3.63) is 29.6 Å². The fraction of sp³-hybridized carbons (Fsp3) is 0.300. The predicted molar refractivity (Wildman–Crippen MR) is 55.5 cm³/mol. The number of carbonyl (C=O) groups excluding carboxylic acids is 1. The van der Waals surface area contributed by atoms with Crippen molar-refractivity contribution in [1.82, 2.24) is 0 Å². The first kappa shape index (κ1) is 12.6. The molecule has 0 amide bonds. The van der Waals surface area contributed by atoms with Crippen LogP contribution in [0, 0.1) is 5.82 Å². The van der Waals surface area contributed by atoms with Gasteiger partial charge in [-0.05, 0) is 25.1 Å². The van der Waals surface area contributed by atoms with Gasteiger partial charge in [-0.15, -0.1) is 0 Å². The standard InChI is InChI=1S/C10H11FO4S/c1-3-15-10(12)8-5-4-7(6-9(8)11)16(2,13)14/h4-6H,3H2,1-2H3. The molecule has 6 heteroatoms. The van der Waals surface area contributed by atoms with Crippen LogP contribution in [0.5, 0.6) is 0 Å². The van der Waals surface area contributed by atoms with E-state index in [1.165, 1.54) is 6.07 Å². The molecule has 0 aliphatic rings. The molecule has 4 nitrogen and oxygen atoms in total. The lowest BCUT2D eigenvalue weighted by molar-refractivity contribution is 0.0521. The normalized spacial score (nSPS) is 11.2. The van der Waals surface area contributed by atoms with Crippen LogP contribution in [0.2, 0.25) is 0 Å². The average Bonchev–Trinajstić information content (AvgIpc) is 2.16. The lowest BCUT2D eigenvalue weighted by Gasteiger charge is -2.04. The summed E-state index contributed by atoms with van der Waals surface area (Å²) in [5.41, 5.74) is -0.269. The zero-order valence-electron chi connectivity index (χ0n) is 8.86. The van der Waals surface area contributed by atoms with E-state index >= 15 is 0 Å². The Bertz CT molecular complexity index is 508. The van der Waals surface area contributed by atoms with Crippen LogP contribution in [-0.4, -0.2) is 27.2 Å². The van der Waals surface area contributed by atoms with Crippen molar-refractivity contribution in [2.24, 2.45) is 0 Å². The van der Waals surface area contributed by atoms with Gasteiger partial charge in [-0.25, -0.2) is 17.6 Å². The van der Waals surface area contributed by atoms with Gasteiger partial charge in [-0.3, -0.25) is 0 Å². The van der Waals surface area contributed by atoms with E-state index in [1.807, 2.05) is 0 Å². The summed E-state index contributed by atoms with van der Waals surface area (Å²) in [6, 6.07) is 3.08. The molecule has 0 fully saturated rings. The van der Waals surface area contributed by atoms with E-state index in [9.17, 15) is 17.6 Å². The molecule has 0 heterocycles. The molecule has 0 aliphatic carbocycles. The van der Waals surface area contributed by atoms with Gasteiger partial charge in [0.1, 0.15) is 5.82 Å². The van der Waals surface area contributed by atoms with E-state index in [0.29, 0.717) is 0 Å². The Kier molecular flexibility index (Phi) is 3.64. The SMILES string of the molecule is CCOC(=O)c1ccc(S(C)(=O)=O)cc1F. The molecule has 0 aliphatic heterocycles. The van der Waals surface area contributed by atoms with Gasteiger partial charge >= 0.3 is 5.97 Å². The van der Waals surface area contributed by atoms with Gasteiger partial charge in [0.25, 0.3) is 0 Å². The average molecular weight is 246 g/mol. The number of halogens is 1. The van der Waals surface area contributed by atoms with Crippen LogP contribution >= 0.6 is 0 Å². The van der Waals surface area contributed by atoms with Crippen LogP contribution in [0.4, 0.5) is 4.39 Å². The largest absolute Gasteiger partial charge is 0.462 e. The third kappa shape index (κ3) is 2.79. The van der Waals surface area contributed by atoms with Crippen LogP contribution in [0.1, 0.15) is 17.3 Å². The van der Waals surface area contributed by atoms with Crippen molar-refractivity contribution in [2.45, 2.75) is 11.8 Å². The molecule has 0 N–H and O–H groups in total. The minimum Gasteiger partial charge on any atom is -0.462 e. The number of ether oxygens (including phenoxy) is 1. The van der Waals surface area contributed by atoms with Gasteiger partial charge in [-0.1, -0.05) is 0 Å². The highest BCUT2D eigenvalue weighted by atomic mass is 32.2. The molecule has 0 atom stereocenters. The molecule has 0 saturated heterocycles. The Morgan fingerprint density at radius 1 is 1.44 bits per heavy atom. The first-order valence-corrected chi connectivity index (χ1v) is 6.42. The summed E-state index contributed by atoms with van der Waals surface area (Å²) in [6.07, 6.45) is 0.964. The lowest BCUT2D eigenvalue weighted by atomic mass is 10.2. The van der Waals surface area contributed by atoms with E-state index in [1.54, 1.807) is 6.92 Å². The minimum atomic E-state index is -3.47. The highest BCUT2D eigenvalue weighted by molar-refractivity contribution is 7.90. The topological polar surface area (TPSA) is 60.4 Å². The monoisotopic (exact) mass is 246 g/mol. The third-order valence-electron chi connectivity index (χ3n) is 1.86. The Hall–Kier alpha value is -1.43. The third-order valence-corrected chi connectivity index (χ3v) is 2.97. The van der Waals surface area contributed by atoms with Crippen molar-refractivity contribution >= 4 is 15.8 Å². The van der Waals surface area contributed by atoms with Crippen molar-refractivity contribution in [3.63, 3.8) is 0 Å². The molecule has 1 rings (SSSR count). The molecule has 0 radical (unpaired) electrons. The maximum absolute atomic E-state index is 13.4. The quantitative estimate of drug-likeness (QED) is 0.756. The molecule has 0 saturated carbocycles. The van der Waals surface area contributed by atoms with Crippen LogP contribution in [0.15, 0.2) is 23.1 Å². The van der Waals surface area contributed by atoms with Crippen molar-refractivity contribution in [1.29, 1.82) is 0 Å². The van der Waals surface area contributed by atoms with Gasteiger partial charge in [0.15, 0.2) is 9.84 Å². The number of rotatable bonds is 3. The van der Waals surface area contributed by atoms with Crippen molar-refractivity contribution in [2.75, 3.05) is 12.9 Å². The molecular weight excluding hydrogens is 235 g/mol. The second-order valence-electron chi connectivity index (χ2n) is 3.13. The van der Waals surface area contributed by atoms with Crippen LogP contribution < -0.4 is 0 Å². The Balaban J connectivity index is 3.15. The molecule has 88 valence electrons. The first-order valence-electron chi connectivity index (χ1n) is 4.53. The second kappa shape index (κ2) is 4.61. The van der Waals surface area contributed by atoms with Gasteiger partial charge in [0.2, 0.25) is 0 Å². The summed E-state index contributed by atoms with van der Waals surface area (Å²) < 4.78 is 40.2. The maximum Gasteiger partial charge on any atom is 0.341 e. The number of carbonyl (C=O) groups is 1. The maximum atomic E-state index is 13.4. The Morgan fingerprint density at radius 2 is 2.06 bits per heavy atom. The number of esters is 1. The zero-order chi connectivity index (χ0) is 12.3. The van der Waals surface area contributed by atoms with Crippen LogP contribution in [0.25, 0.3) is 0 Å². The Morgan fingerprint density at radius 3 is 2.50 bits per heavy atom. The lowest BCUT2D eigenvalue weighted by Crippen LogP contribution is -2.08. The van der Waals surface area contributed by atoms with E-state index in [-0.39, 0.29) is 17.1 Å². The molecule has 0 unspecified atom stereocenters. The molecule has 1 aromatic carbocycles. The minimum absolute atomic E-state index is 0.131. The Labute approximate surface area is 93.0 Å². The van der Waals surface area contributed by atoms with Crippen LogP contribution in [0.3, 0.4) is 0 Å². The summed E-state index contributed by atoms with van der Waals surface area (Å²) >= 11 is 0. The summed E-state index contributed by atoms with van der Waals surface area (Å²) in [6.45, 7) is 1.73. The van der Waals surface area contributed by atoms with Gasteiger partial charge in [-0.2, -0.15) is 0 Å². The van der Waals surface area contributed by atoms with Crippen molar-refractivity contribution in [3.8, 4) is 0 Å². The van der Waals surface area contributed by atoms with Gasteiger partial charge in [0, 0.05) is 6.26 Å². The van der Waals surface area contributed by atoms with E-state index in [4.69, 9.17) is 0 Å². The number of sulfone groups is 1. The van der Waals surface area contributed by atoms with Gasteiger partial charge in [0.05, 0.1) is 17.1 Å². The summed E-state index contributed by atoms with van der Waals surface area (Å²) in [5.74, 6) is -1.71. The van der Waals surface area contributed by atoms with E-state index in [0.717, 1.165) is 18.4 Å². The zero-order valence-corrected chi connectivity index (χ0v) is 9.67. The number of hydrogen-bond acceptors (Lipinski definition) is 4. The van der Waals surface area contributed by atoms with E-state index < -0.39 is 21.6 Å². The van der Waals surface area contributed by atoms with Crippen molar-refractivity contribution < 1.29 is 22.3 Å². The van der Waals surface area contributed by atoms with Crippen LogP contribution in [-0.2, 0) is 14.6 Å². The molecule has 0 spiro atoms. The highest BCUT2D eigenvalue weighted by Gasteiger charge is 2.16. The number of hydrogen-bond donors (Lipinski definition) is 0. The first-order chi connectivity index (χ1) is 7.36. The van der Waals surface area contributed by atoms with Gasteiger partial charge < -0.3 is 4.74 Å². The molecule has 1 aromatic rings. The smallest absolute Gasteiger partial charge is 0.341 e. The number of benzene rings is 1. The fourth-order valence-electron chi connectivity index (χ4n) is 1.10. The highest BCUT2D eigenvalue weighted by Crippen LogP contribution is 2.15. The fourth-order valence-corrected chi connectivity index (χ4v) is 1.73. The van der Waals surface area contributed by atoms with E-state index in [2.05, 4.69) is 4.74 Å². The second-order valence-corrected chi connectivity index (χ2v) is 5.15. The molecule has 0 bridgehead atoms. The molecular formula is C10H11FO4S. The summed E-state index contributed by atoms with van der Waals surface area (Å²) in [5, 5.41) is 0. The molecule has 16 heavy (non-hydrogen) atoms. The summed E-state index contributed by atoms with van der Waals surface area (Å²) in [4.78, 5) is 11.0.